The van der Waals surface area contributed by atoms with Gasteiger partial charge in [0.15, 0.2) is 0 Å². The first-order valence-electron chi connectivity index (χ1n) is 8.18. The summed E-state index contributed by atoms with van der Waals surface area (Å²) in [5.74, 6) is -0.379. The van der Waals surface area contributed by atoms with E-state index in [1.165, 1.54) is 19.5 Å². The highest BCUT2D eigenvalue weighted by Crippen LogP contribution is 2.16. The van der Waals surface area contributed by atoms with Gasteiger partial charge < -0.3 is 15.4 Å². The van der Waals surface area contributed by atoms with Crippen molar-refractivity contribution in [3.8, 4) is 6.07 Å². The molecule has 0 saturated heterocycles. The molecule has 0 aliphatic carbocycles. The third kappa shape index (κ3) is 4.47. The Morgan fingerprint density at radius 2 is 1.64 bits per heavy atom. The van der Waals surface area contributed by atoms with Crippen LogP contribution in [0.15, 0.2) is 60.9 Å². The molecule has 138 valence electrons. The Kier molecular flexibility index (Phi) is 5.58. The molecule has 0 aliphatic rings. The van der Waals surface area contributed by atoms with Crippen molar-refractivity contribution in [3.63, 3.8) is 0 Å². The number of aromatic nitrogens is 2. The van der Waals surface area contributed by atoms with Crippen LogP contribution in [0, 0.1) is 11.3 Å². The van der Waals surface area contributed by atoms with Gasteiger partial charge in [0, 0.05) is 11.4 Å². The topological polar surface area (TPSA) is 117 Å². The van der Waals surface area contributed by atoms with Crippen LogP contribution < -0.4 is 10.6 Å². The van der Waals surface area contributed by atoms with Gasteiger partial charge >= 0.3 is 5.97 Å². The Hall–Kier alpha value is -4.25. The first-order chi connectivity index (χ1) is 13.6. The number of benzene rings is 2. The molecule has 1 aromatic heterocycles. The van der Waals surface area contributed by atoms with E-state index in [1.807, 2.05) is 6.07 Å². The zero-order valence-electron chi connectivity index (χ0n) is 14.8. The van der Waals surface area contributed by atoms with Crippen molar-refractivity contribution in [1.29, 1.82) is 5.26 Å². The van der Waals surface area contributed by atoms with Crippen molar-refractivity contribution in [2.24, 2.45) is 0 Å². The molecule has 1 heterocycles. The Balaban J connectivity index is 1.63. The summed E-state index contributed by atoms with van der Waals surface area (Å²) in [6.07, 6.45) is 2.78. The number of hydrogen-bond acceptors (Lipinski definition) is 7. The summed E-state index contributed by atoms with van der Waals surface area (Å²) in [6, 6.07) is 15.2. The molecule has 0 saturated carbocycles. The molecule has 0 bridgehead atoms. The maximum atomic E-state index is 12.2. The van der Waals surface area contributed by atoms with Crippen molar-refractivity contribution in [1.82, 2.24) is 9.97 Å². The van der Waals surface area contributed by atoms with Crippen LogP contribution in [-0.4, -0.2) is 29.0 Å². The summed E-state index contributed by atoms with van der Waals surface area (Å²) in [5.41, 5.74) is 2.35. The molecule has 1 amide bonds. The van der Waals surface area contributed by atoms with Crippen LogP contribution in [0.25, 0.3) is 0 Å². The van der Waals surface area contributed by atoms with Gasteiger partial charge in [-0.15, -0.1) is 0 Å². The van der Waals surface area contributed by atoms with Gasteiger partial charge in [-0.3, -0.25) is 4.79 Å². The Labute approximate surface area is 160 Å². The van der Waals surface area contributed by atoms with E-state index >= 15 is 0 Å². The summed E-state index contributed by atoms with van der Waals surface area (Å²) >= 11 is 0. The van der Waals surface area contributed by atoms with Crippen LogP contribution in [0.4, 0.5) is 17.2 Å². The van der Waals surface area contributed by atoms with Gasteiger partial charge in [-0.2, -0.15) is 5.26 Å². The number of anilines is 3. The minimum atomic E-state index is -0.413. The monoisotopic (exact) mass is 373 g/mol. The lowest BCUT2D eigenvalue weighted by molar-refractivity contribution is 0.0600. The number of amides is 1. The molecule has 2 aromatic carbocycles. The summed E-state index contributed by atoms with van der Waals surface area (Å²) in [5, 5.41) is 14.5. The summed E-state index contributed by atoms with van der Waals surface area (Å²) in [4.78, 5) is 31.9. The highest BCUT2D eigenvalue weighted by molar-refractivity contribution is 6.02. The predicted molar refractivity (Wildman–Crippen MR) is 102 cm³/mol. The number of nitrogens with one attached hydrogen (secondary N) is 2. The van der Waals surface area contributed by atoms with Crippen LogP contribution in [-0.2, 0) is 4.74 Å². The Morgan fingerprint density at radius 3 is 2.21 bits per heavy atom. The quantitative estimate of drug-likeness (QED) is 0.660. The molecule has 28 heavy (non-hydrogen) atoms. The summed E-state index contributed by atoms with van der Waals surface area (Å²) in [6.45, 7) is 0. The second-order valence-electron chi connectivity index (χ2n) is 5.62. The normalized spacial score (nSPS) is 9.86. The first kappa shape index (κ1) is 18.5. The average molecular weight is 373 g/mol. The zero-order valence-corrected chi connectivity index (χ0v) is 14.8. The molecule has 0 unspecified atom stereocenters. The highest BCUT2D eigenvalue weighted by atomic mass is 16.5. The van der Waals surface area contributed by atoms with E-state index < -0.39 is 11.9 Å². The summed E-state index contributed by atoms with van der Waals surface area (Å²) < 4.78 is 4.65. The number of carbonyl (C=O) groups excluding carboxylic acids is 2. The molecule has 0 atom stereocenters. The van der Waals surface area contributed by atoms with Gasteiger partial charge in [0.2, 0.25) is 0 Å². The fourth-order valence-electron chi connectivity index (χ4n) is 2.29. The highest BCUT2D eigenvalue weighted by Gasteiger charge is 2.09. The number of esters is 1. The van der Waals surface area contributed by atoms with E-state index in [1.54, 1.807) is 48.5 Å². The van der Waals surface area contributed by atoms with Crippen LogP contribution in [0.3, 0.4) is 0 Å². The number of carbonyl (C=O) groups is 2. The SMILES string of the molecule is COC(=O)c1ccc(Nc2cnc(C(=O)Nc3ccc(C#N)cc3)cn2)cc1. The third-order valence-electron chi connectivity index (χ3n) is 3.73. The summed E-state index contributed by atoms with van der Waals surface area (Å²) in [7, 11) is 1.32. The van der Waals surface area contributed by atoms with E-state index in [0.29, 0.717) is 28.3 Å². The second kappa shape index (κ2) is 8.42. The van der Waals surface area contributed by atoms with Crippen molar-refractivity contribution in [2.45, 2.75) is 0 Å². The van der Waals surface area contributed by atoms with Gasteiger partial charge in [0.05, 0.1) is 36.7 Å². The van der Waals surface area contributed by atoms with E-state index in [0.717, 1.165) is 0 Å². The molecule has 3 aromatic rings. The van der Waals surface area contributed by atoms with E-state index in [9.17, 15) is 9.59 Å². The largest absolute Gasteiger partial charge is 0.465 e. The smallest absolute Gasteiger partial charge is 0.337 e. The molecule has 8 heteroatoms. The minimum Gasteiger partial charge on any atom is -0.465 e. The predicted octanol–water partition coefficient (Wildman–Crippen LogP) is 3.13. The van der Waals surface area contributed by atoms with Crippen molar-refractivity contribution in [3.05, 3.63) is 77.7 Å². The fraction of sp³-hybridized carbons (Fsp3) is 0.0500. The van der Waals surface area contributed by atoms with Crippen molar-refractivity contribution < 1.29 is 14.3 Å². The van der Waals surface area contributed by atoms with E-state index in [2.05, 4.69) is 25.3 Å². The van der Waals surface area contributed by atoms with Crippen molar-refractivity contribution >= 4 is 29.1 Å². The van der Waals surface area contributed by atoms with Gasteiger partial charge in [0.25, 0.3) is 5.91 Å². The van der Waals surface area contributed by atoms with E-state index in [4.69, 9.17) is 5.26 Å². The maximum absolute atomic E-state index is 12.2. The van der Waals surface area contributed by atoms with Gasteiger partial charge in [-0.05, 0) is 48.5 Å². The Bertz CT molecular complexity index is 1020. The number of hydrogen-bond donors (Lipinski definition) is 2. The van der Waals surface area contributed by atoms with Crippen LogP contribution in [0.1, 0.15) is 26.4 Å². The fourth-order valence-corrected chi connectivity index (χ4v) is 2.29. The Morgan fingerprint density at radius 1 is 0.964 bits per heavy atom. The molecule has 0 fully saturated rings. The molecule has 0 radical (unpaired) electrons. The number of nitrogens with zero attached hydrogens (tertiary/aromatic N) is 3. The van der Waals surface area contributed by atoms with Crippen molar-refractivity contribution in [2.75, 3.05) is 17.7 Å². The van der Waals surface area contributed by atoms with Crippen LogP contribution >= 0.6 is 0 Å². The molecule has 8 nitrogen and oxygen atoms in total. The molecule has 3 rings (SSSR count). The van der Waals surface area contributed by atoms with Gasteiger partial charge in [0.1, 0.15) is 11.5 Å². The number of ether oxygens (including phenoxy) is 1. The maximum Gasteiger partial charge on any atom is 0.337 e. The second-order valence-corrected chi connectivity index (χ2v) is 5.62. The molecule has 0 spiro atoms. The van der Waals surface area contributed by atoms with Crippen LogP contribution in [0.5, 0.6) is 0 Å². The van der Waals surface area contributed by atoms with Gasteiger partial charge in [-0.25, -0.2) is 14.8 Å². The lowest BCUT2D eigenvalue weighted by Crippen LogP contribution is -2.14. The first-order valence-corrected chi connectivity index (χ1v) is 8.18. The number of methoxy groups -OCH3 is 1. The molecule has 2 N–H and O–H groups in total. The lowest BCUT2D eigenvalue weighted by atomic mass is 10.2. The zero-order chi connectivity index (χ0) is 19.9. The molecule has 0 aliphatic heterocycles. The molecular weight excluding hydrogens is 358 g/mol. The number of rotatable bonds is 5. The van der Waals surface area contributed by atoms with Crippen LogP contribution in [0.2, 0.25) is 0 Å². The standard InChI is InChI=1S/C20H15N5O3/c1-28-20(27)14-4-8-15(9-5-14)24-18-12-22-17(11-23-18)19(26)25-16-6-2-13(10-21)3-7-16/h2-9,11-12H,1H3,(H,23,24)(H,25,26). The average Bonchev–Trinajstić information content (AvgIpc) is 2.74. The van der Waals surface area contributed by atoms with E-state index in [-0.39, 0.29) is 5.69 Å². The third-order valence-corrected chi connectivity index (χ3v) is 3.73. The number of nitriles is 1. The van der Waals surface area contributed by atoms with Gasteiger partial charge in [-0.1, -0.05) is 0 Å². The lowest BCUT2D eigenvalue weighted by Gasteiger charge is -2.07. The molecular formula is C20H15N5O3. The minimum absolute atomic E-state index is 0.149.